The van der Waals surface area contributed by atoms with E-state index in [1.807, 2.05) is 44.2 Å². The lowest BCUT2D eigenvalue weighted by atomic mass is 9.56. The number of fused-ring (bicyclic) bond motifs is 3. The highest BCUT2D eigenvalue weighted by atomic mass is 16.5. The van der Waals surface area contributed by atoms with E-state index < -0.39 is 28.8 Å². The second-order valence-electron chi connectivity index (χ2n) is 11.3. The smallest absolute Gasteiger partial charge is 0.169 e. The number of rotatable bonds is 1. The van der Waals surface area contributed by atoms with Crippen LogP contribution in [-0.4, -0.2) is 50.0 Å². The van der Waals surface area contributed by atoms with Gasteiger partial charge in [-0.2, -0.15) is 0 Å². The molecule has 8 atom stereocenters. The van der Waals surface area contributed by atoms with Crippen LogP contribution in [0.5, 0.6) is 0 Å². The number of allylic oxidation sites excluding steroid dienone is 1. The molecule has 2 aliphatic heterocycles. The zero-order chi connectivity index (χ0) is 24.6. The predicted molar refractivity (Wildman–Crippen MR) is 131 cm³/mol. The van der Waals surface area contributed by atoms with Gasteiger partial charge in [-0.25, -0.2) is 0 Å². The Morgan fingerprint density at radius 2 is 2.00 bits per heavy atom. The number of Topliss-reactive ketones (excluding diaryl/α,β-unsaturated/α-hetero) is 1. The van der Waals surface area contributed by atoms with Gasteiger partial charge in [0.25, 0.3) is 0 Å². The first-order chi connectivity index (χ1) is 16.7. The Kier molecular flexibility index (Phi) is 5.14. The number of carbonyl (C=O) groups excluding carboxylic acids is 1. The van der Waals surface area contributed by atoms with E-state index in [2.05, 4.69) is 11.1 Å². The van der Waals surface area contributed by atoms with E-state index in [9.17, 15) is 20.1 Å². The highest BCUT2D eigenvalue weighted by Crippen LogP contribution is 2.66. The molecule has 0 amide bonds. The second-order valence-corrected chi connectivity index (χ2v) is 11.3. The quantitative estimate of drug-likeness (QED) is 0.583. The van der Waals surface area contributed by atoms with Crippen molar-refractivity contribution in [1.29, 1.82) is 0 Å². The van der Waals surface area contributed by atoms with Crippen molar-refractivity contribution >= 4 is 16.6 Å². The van der Waals surface area contributed by atoms with Crippen molar-refractivity contribution in [3.63, 3.8) is 0 Å². The van der Waals surface area contributed by atoms with Gasteiger partial charge in [-0.3, -0.25) is 9.78 Å². The number of nitrogens with zero attached hydrogens (tertiary/aromatic N) is 1. The van der Waals surface area contributed by atoms with E-state index in [1.54, 1.807) is 18.5 Å². The molecule has 3 heterocycles. The van der Waals surface area contributed by atoms with Gasteiger partial charge >= 0.3 is 0 Å². The number of aromatic nitrogens is 1. The van der Waals surface area contributed by atoms with Crippen molar-refractivity contribution in [3.8, 4) is 0 Å². The van der Waals surface area contributed by atoms with Crippen LogP contribution in [-0.2, 0) is 15.1 Å². The third-order valence-electron chi connectivity index (χ3n) is 9.50. The Labute approximate surface area is 205 Å². The van der Waals surface area contributed by atoms with Crippen molar-refractivity contribution < 1.29 is 24.9 Å². The van der Waals surface area contributed by atoms with Crippen LogP contribution in [0.1, 0.15) is 51.5 Å². The Morgan fingerprint density at radius 3 is 2.83 bits per heavy atom. The minimum absolute atomic E-state index is 0.0698. The molecule has 0 radical (unpaired) electrons. The fourth-order valence-electron chi connectivity index (χ4n) is 7.44. The zero-order valence-corrected chi connectivity index (χ0v) is 20.2. The maximum atomic E-state index is 13.7. The molecule has 2 fully saturated rings. The summed E-state index contributed by atoms with van der Waals surface area (Å²) in [5.41, 5.74) is -1.53. The van der Waals surface area contributed by atoms with Gasteiger partial charge in [0.1, 0.15) is 0 Å². The minimum Gasteiger partial charge on any atom is -0.390 e. The van der Waals surface area contributed by atoms with Crippen LogP contribution in [0.3, 0.4) is 0 Å². The van der Waals surface area contributed by atoms with Gasteiger partial charge in [-0.15, -0.1) is 0 Å². The Balaban J connectivity index is 1.47. The molecule has 6 rings (SSSR count). The highest BCUT2D eigenvalue weighted by Gasteiger charge is 2.70. The molecular formula is C29H33NO5. The summed E-state index contributed by atoms with van der Waals surface area (Å²) in [6, 6.07) is 7.63. The van der Waals surface area contributed by atoms with E-state index in [-0.39, 0.29) is 30.1 Å². The van der Waals surface area contributed by atoms with Crippen LogP contribution < -0.4 is 0 Å². The lowest BCUT2D eigenvalue weighted by molar-refractivity contribution is -0.156. The lowest BCUT2D eigenvalue weighted by Crippen LogP contribution is -2.55. The summed E-state index contributed by atoms with van der Waals surface area (Å²) in [7, 11) is 0. The monoisotopic (exact) mass is 475 g/mol. The summed E-state index contributed by atoms with van der Waals surface area (Å²) in [6.45, 7) is 3.96. The molecule has 1 saturated heterocycles. The Bertz CT molecular complexity index is 1250. The molecule has 1 aromatic heterocycles. The first-order valence-electron chi connectivity index (χ1n) is 12.7. The van der Waals surface area contributed by atoms with Crippen LogP contribution in [0.4, 0.5) is 0 Å². The number of hydrogen-bond acceptors (Lipinski definition) is 6. The molecule has 6 heteroatoms. The van der Waals surface area contributed by atoms with Crippen LogP contribution in [0.2, 0.25) is 0 Å². The molecule has 1 saturated carbocycles. The van der Waals surface area contributed by atoms with E-state index >= 15 is 0 Å². The number of hydrogen-bond donors (Lipinski definition) is 3. The molecule has 4 aliphatic rings. The maximum Gasteiger partial charge on any atom is 0.169 e. The fourth-order valence-corrected chi connectivity index (χ4v) is 7.44. The van der Waals surface area contributed by atoms with Gasteiger partial charge in [-0.1, -0.05) is 44.2 Å². The largest absolute Gasteiger partial charge is 0.390 e. The molecule has 3 N–H and O–H groups in total. The van der Waals surface area contributed by atoms with Crippen molar-refractivity contribution in [3.05, 3.63) is 66.0 Å². The lowest BCUT2D eigenvalue weighted by Gasteiger charge is -2.52. The molecule has 2 aromatic rings. The Hall–Kier alpha value is -2.38. The summed E-state index contributed by atoms with van der Waals surface area (Å²) in [5, 5.41) is 35.2. The predicted octanol–water partition coefficient (Wildman–Crippen LogP) is 3.58. The maximum absolute atomic E-state index is 13.7. The summed E-state index contributed by atoms with van der Waals surface area (Å²) < 4.78 is 6.82. The summed E-state index contributed by atoms with van der Waals surface area (Å²) in [6.07, 6.45) is 10.2. The average molecular weight is 476 g/mol. The van der Waals surface area contributed by atoms with Gasteiger partial charge in [0.2, 0.25) is 0 Å². The fraction of sp³-hybridized carbons (Fsp3) is 0.517. The van der Waals surface area contributed by atoms with E-state index in [0.717, 1.165) is 29.2 Å². The van der Waals surface area contributed by atoms with Crippen molar-refractivity contribution in [2.24, 2.45) is 17.3 Å². The summed E-state index contributed by atoms with van der Waals surface area (Å²) in [5.74, 6) is -0.499. The molecule has 1 spiro atoms. The summed E-state index contributed by atoms with van der Waals surface area (Å²) in [4.78, 5) is 18.0. The molecule has 2 bridgehead atoms. The normalized spacial score (nSPS) is 43.1. The van der Waals surface area contributed by atoms with Crippen molar-refractivity contribution in [2.75, 3.05) is 0 Å². The van der Waals surface area contributed by atoms with Gasteiger partial charge < -0.3 is 20.1 Å². The zero-order valence-electron chi connectivity index (χ0n) is 20.2. The number of ketones is 1. The van der Waals surface area contributed by atoms with Crippen molar-refractivity contribution in [1.82, 2.24) is 4.98 Å². The van der Waals surface area contributed by atoms with Gasteiger partial charge in [0, 0.05) is 35.5 Å². The van der Waals surface area contributed by atoms with E-state index in [0.29, 0.717) is 18.4 Å². The van der Waals surface area contributed by atoms with Crippen LogP contribution >= 0.6 is 0 Å². The molecular weight excluding hydrogens is 442 g/mol. The van der Waals surface area contributed by atoms with Gasteiger partial charge in [-0.05, 0) is 60.3 Å². The highest BCUT2D eigenvalue weighted by molar-refractivity contribution is 5.94. The molecule has 1 aromatic carbocycles. The molecule has 184 valence electrons. The molecule has 35 heavy (non-hydrogen) atoms. The number of aliphatic hydroxyl groups is 3. The number of benzene rings is 1. The topological polar surface area (TPSA) is 99.9 Å². The number of pyridine rings is 1. The molecule has 8 unspecified atom stereocenters. The first kappa shape index (κ1) is 23.0. The standard InChI is InChI=1S/C29H33NO5/c1-17-13-22-8-11-28(35-22)20(5-6-23(31)26(17)33)7-10-27(2)24(28)15-25(32)29(27,34)21-4-3-18-9-12-30-16-19(18)14-21/h3-7,9,12,14,16-17,22-24,26,31,33-34H,8,10-11,13,15H2,1-2H3. The van der Waals surface area contributed by atoms with Gasteiger partial charge in [0.15, 0.2) is 11.4 Å². The molecule has 2 aliphatic carbocycles. The van der Waals surface area contributed by atoms with E-state index in [1.165, 1.54) is 0 Å². The number of carbonyl (C=O) groups is 1. The minimum atomic E-state index is -1.64. The van der Waals surface area contributed by atoms with Gasteiger partial charge in [0.05, 0.1) is 23.9 Å². The third-order valence-corrected chi connectivity index (χ3v) is 9.50. The summed E-state index contributed by atoms with van der Waals surface area (Å²) >= 11 is 0. The van der Waals surface area contributed by atoms with Crippen molar-refractivity contribution in [2.45, 2.75) is 75.5 Å². The molecule has 6 nitrogen and oxygen atoms in total. The second kappa shape index (κ2) is 7.81. The van der Waals surface area contributed by atoms with Crippen LogP contribution in [0.25, 0.3) is 10.8 Å². The van der Waals surface area contributed by atoms with E-state index in [4.69, 9.17) is 4.74 Å². The SMILES string of the molecule is CC1CC2CCC3(O2)C(=CCC2(C)C3CC(=O)C2(O)c2ccc3ccncc3c2)C=CC(O)C1O. The first-order valence-corrected chi connectivity index (χ1v) is 12.7. The average Bonchev–Trinajstić information content (AvgIpc) is 3.35. The number of ether oxygens (including phenoxy) is 1. The Morgan fingerprint density at radius 1 is 1.17 bits per heavy atom. The van der Waals surface area contributed by atoms with Crippen LogP contribution in [0, 0.1) is 17.3 Å². The van der Waals surface area contributed by atoms with Crippen LogP contribution in [0.15, 0.2) is 60.5 Å². The number of aliphatic hydroxyl groups excluding tert-OH is 2. The third kappa shape index (κ3) is 3.10.